The SMILES string of the molecule is CCOc1cc(NC(=NC)NCCN2CCN(C(C)=O)CC2)ccc1OC. The number of hydrogen-bond acceptors (Lipinski definition) is 5. The summed E-state index contributed by atoms with van der Waals surface area (Å²) in [5.74, 6) is 2.26. The van der Waals surface area contributed by atoms with Crippen LogP contribution in [-0.2, 0) is 4.79 Å². The topological polar surface area (TPSA) is 78.4 Å². The summed E-state index contributed by atoms with van der Waals surface area (Å²) in [6, 6.07) is 5.69. The van der Waals surface area contributed by atoms with E-state index in [1.807, 2.05) is 30.0 Å². The van der Waals surface area contributed by atoms with Crippen molar-refractivity contribution in [1.82, 2.24) is 15.1 Å². The minimum atomic E-state index is 0.156. The van der Waals surface area contributed by atoms with Gasteiger partial charge in [0.05, 0.1) is 13.7 Å². The van der Waals surface area contributed by atoms with E-state index in [2.05, 4.69) is 20.5 Å². The lowest BCUT2D eigenvalue weighted by Crippen LogP contribution is -2.50. The number of aliphatic imine (C=N–C) groups is 1. The number of guanidine groups is 1. The van der Waals surface area contributed by atoms with Gasteiger partial charge in [0.15, 0.2) is 17.5 Å². The van der Waals surface area contributed by atoms with Gasteiger partial charge in [-0.05, 0) is 19.1 Å². The summed E-state index contributed by atoms with van der Waals surface area (Å²) in [5.41, 5.74) is 0.877. The van der Waals surface area contributed by atoms with E-state index in [9.17, 15) is 4.79 Å². The minimum absolute atomic E-state index is 0.156. The van der Waals surface area contributed by atoms with Gasteiger partial charge in [-0.15, -0.1) is 0 Å². The molecule has 1 aliphatic rings. The van der Waals surface area contributed by atoms with E-state index in [-0.39, 0.29) is 5.91 Å². The van der Waals surface area contributed by atoms with Gasteiger partial charge in [-0.1, -0.05) is 0 Å². The van der Waals surface area contributed by atoms with Gasteiger partial charge in [0.1, 0.15) is 0 Å². The summed E-state index contributed by atoms with van der Waals surface area (Å²) in [6.45, 7) is 9.23. The lowest BCUT2D eigenvalue weighted by atomic mass is 10.2. The fourth-order valence-corrected chi connectivity index (χ4v) is 2.96. The molecule has 2 N–H and O–H groups in total. The zero-order valence-electron chi connectivity index (χ0n) is 16.7. The van der Waals surface area contributed by atoms with Crippen LogP contribution in [0, 0.1) is 0 Å². The highest BCUT2D eigenvalue weighted by molar-refractivity contribution is 5.93. The van der Waals surface area contributed by atoms with Crippen LogP contribution in [0.4, 0.5) is 5.69 Å². The lowest BCUT2D eigenvalue weighted by molar-refractivity contribution is -0.130. The van der Waals surface area contributed by atoms with E-state index in [0.29, 0.717) is 24.1 Å². The van der Waals surface area contributed by atoms with Crippen LogP contribution in [0.2, 0.25) is 0 Å². The Morgan fingerprint density at radius 1 is 1.22 bits per heavy atom. The van der Waals surface area contributed by atoms with Crippen molar-refractivity contribution >= 4 is 17.6 Å². The number of ether oxygens (including phenoxy) is 2. The fourth-order valence-electron chi connectivity index (χ4n) is 2.96. The molecule has 0 saturated carbocycles. The van der Waals surface area contributed by atoms with Gasteiger partial charge in [-0.2, -0.15) is 0 Å². The Balaban J connectivity index is 1.81. The van der Waals surface area contributed by atoms with Crippen molar-refractivity contribution in [3.05, 3.63) is 18.2 Å². The number of nitrogens with one attached hydrogen (secondary N) is 2. The van der Waals surface area contributed by atoms with Crippen molar-refractivity contribution in [1.29, 1.82) is 0 Å². The largest absolute Gasteiger partial charge is 0.493 e. The molecule has 27 heavy (non-hydrogen) atoms. The first-order valence-electron chi connectivity index (χ1n) is 9.33. The van der Waals surface area contributed by atoms with Gasteiger partial charge in [0.2, 0.25) is 5.91 Å². The van der Waals surface area contributed by atoms with Crippen LogP contribution in [-0.4, -0.2) is 81.7 Å². The number of carbonyl (C=O) groups is 1. The Morgan fingerprint density at radius 2 is 1.96 bits per heavy atom. The van der Waals surface area contributed by atoms with E-state index in [0.717, 1.165) is 45.0 Å². The molecular weight excluding hydrogens is 346 g/mol. The molecule has 1 aromatic carbocycles. The Labute approximate surface area is 161 Å². The molecule has 1 heterocycles. The Hall–Kier alpha value is -2.48. The number of piperazine rings is 1. The van der Waals surface area contributed by atoms with Crippen LogP contribution in [0.5, 0.6) is 11.5 Å². The number of nitrogens with zero attached hydrogens (tertiary/aromatic N) is 3. The summed E-state index contributed by atoms with van der Waals surface area (Å²) < 4.78 is 10.9. The molecule has 0 aromatic heterocycles. The molecule has 0 radical (unpaired) electrons. The minimum Gasteiger partial charge on any atom is -0.493 e. The third-order valence-corrected chi connectivity index (χ3v) is 4.49. The summed E-state index contributed by atoms with van der Waals surface area (Å²) in [7, 11) is 3.37. The van der Waals surface area contributed by atoms with Gasteiger partial charge < -0.3 is 25.0 Å². The van der Waals surface area contributed by atoms with Gasteiger partial charge in [-0.25, -0.2) is 0 Å². The molecule has 0 aliphatic carbocycles. The van der Waals surface area contributed by atoms with Gasteiger partial charge in [0.25, 0.3) is 0 Å². The number of rotatable bonds is 7. The maximum Gasteiger partial charge on any atom is 0.219 e. The molecule has 0 unspecified atom stereocenters. The van der Waals surface area contributed by atoms with Crippen molar-refractivity contribution in [2.45, 2.75) is 13.8 Å². The predicted octanol–water partition coefficient (Wildman–Crippen LogP) is 1.25. The highest BCUT2D eigenvalue weighted by Crippen LogP contribution is 2.30. The number of methoxy groups -OCH3 is 1. The quantitative estimate of drug-likeness (QED) is 0.550. The number of carbonyl (C=O) groups excluding carboxylic acids is 1. The molecule has 1 saturated heterocycles. The van der Waals surface area contributed by atoms with Crippen LogP contribution >= 0.6 is 0 Å². The van der Waals surface area contributed by atoms with Crippen LogP contribution in [0.15, 0.2) is 23.2 Å². The zero-order valence-corrected chi connectivity index (χ0v) is 16.7. The van der Waals surface area contributed by atoms with Gasteiger partial charge in [-0.3, -0.25) is 14.7 Å². The maximum absolute atomic E-state index is 11.4. The van der Waals surface area contributed by atoms with E-state index in [1.54, 1.807) is 21.1 Å². The molecule has 0 bridgehead atoms. The molecule has 1 aliphatic heterocycles. The first-order chi connectivity index (χ1) is 13.1. The van der Waals surface area contributed by atoms with Crippen molar-refractivity contribution < 1.29 is 14.3 Å². The molecule has 1 amide bonds. The van der Waals surface area contributed by atoms with Crippen LogP contribution < -0.4 is 20.1 Å². The zero-order chi connectivity index (χ0) is 19.6. The van der Waals surface area contributed by atoms with Crippen molar-refractivity contribution in [3.63, 3.8) is 0 Å². The van der Waals surface area contributed by atoms with Gasteiger partial charge >= 0.3 is 0 Å². The van der Waals surface area contributed by atoms with Gasteiger partial charge in [0, 0.05) is 65.0 Å². The van der Waals surface area contributed by atoms with Crippen molar-refractivity contribution in [2.24, 2.45) is 4.99 Å². The molecule has 1 aromatic rings. The second-order valence-electron chi connectivity index (χ2n) is 6.27. The second kappa shape index (κ2) is 10.6. The summed E-state index contributed by atoms with van der Waals surface area (Å²) in [5, 5.41) is 6.59. The average Bonchev–Trinajstić information content (AvgIpc) is 2.68. The maximum atomic E-state index is 11.4. The summed E-state index contributed by atoms with van der Waals surface area (Å²) >= 11 is 0. The molecule has 2 rings (SSSR count). The van der Waals surface area contributed by atoms with Crippen molar-refractivity contribution in [3.8, 4) is 11.5 Å². The molecule has 8 nitrogen and oxygen atoms in total. The van der Waals surface area contributed by atoms with E-state index >= 15 is 0 Å². The lowest BCUT2D eigenvalue weighted by Gasteiger charge is -2.34. The normalized spacial score (nSPS) is 15.4. The van der Waals surface area contributed by atoms with E-state index in [4.69, 9.17) is 9.47 Å². The molecular formula is C19H31N5O3. The molecule has 0 atom stereocenters. The highest BCUT2D eigenvalue weighted by Gasteiger charge is 2.18. The number of hydrogen-bond donors (Lipinski definition) is 2. The van der Waals surface area contributed by atoms with E-state index < -0.39 is 0 Å². The molecule has 8 heteroatoms. The highest BCUT2D eigenvalue weighted by atomic mass is 16.5. The molecule has 150 valence electrons. The van der Waals surface area contributed by atoms with Crippen LogP contribution in [0.1, 0.15) is 13.8 Å². The van der Waals surface area contributed by atoms with E-state index in [1.165, 1.54) is 0 Å². The predicted molar refractivity (Wildman–Crippen MR) is 108 cm³/mol. The third kappa shape index (κ3) is 6.32. The fraction of sp³-hybridized carbons (Fsp3) is 0.579. The number of anilines is 1. The molecule has 1 fully saturated rings. The average molecular weight is 377 g/mol. The van der Waals surface area contributed by atoms with Crippen LogP contribution in [0.25, 0.3) is 0 Å². The Morgan fingerprint density at radius 3 is 2.56 bits per heavy atom. The Bertz CT molecular complexity index is 642. The smallest absolute Gasteiger partial charge is 0.219 e. The Kier molecular flexibility index (Phi) is 8.19. The third-order valence-electron chi connectivity index (χ3n) is 4.49. The first kappa shape index (κ1) is 20.8. The first-order valence-corrected chi connectivity index (χ1v) is 9.33. The molecule has 0 spiro atoms. The number of amides is 1. The summed E-state index contributed by atoms with van der Waals surface area (Å²) in [4.78, 5) is 19.9. The van der Waals surface area contributed by atoms with Crippen LogP contribution in [0.3, 0.4) is 0 Å². The second-order valence-corrected chi connectivity index (χ2v) is 6.27. The standard InChI is InChI=1S/C19H31N5O3/c1-5-27-18-14-16(6-7-17(18)26-4)22-19(20-3)21-8-9-23-10-12-24(13-11-23)15(2)25/h6-7,14H,5,8-13H2,1-4H3,(H2,20,21,22). The van der Waals surface area contributed by atoms with Crippen molar-refractivity contribution in [2.75, 3.05) is 65.3 Å². The monoisotopic (exact) mass is 377 g/mol. The number of benzene rings is 1. The summed E-state index contributed by atoms with van der Waals surface area (Å²) in [6.07, 6.45) is 0.